The summed E-state index contributed by atoms with van der Waals surface area (Å²) in [6.07, 6.45) is 47.3. The van der Waals surface area contributed by atoms with Crippen LogP contribution >= 0.6 is 0 Å². The highest BCUT2D eigenvalue weighted by Gasteiger charge is 2.25. The van der Waals surface area contributed by atoms with Crippen LogP contribution in [0, 0.1) is 0 Å². The monoisotopic (exact) mass is 2280 g/mol. The minimum absolute atomic E-state index is 0. The van der Waals surface area contributed by atoms with Crippen molar-refractivity contribution in [2.45, 2.75) is 38.5 Å². The molecule has 18 nitrogen and oxygen atoms in total. The van der Waals surface area contributed by atoms with Gasteiger partial charge in [-0.1, -0.05) is 49.9 Å². The van der Waals surface area contributed by atoms with Crippen LogP contribution in [0.1, 0.15) is 105 Å². The molecule has 16 heterocycles. The molecule has 0 atom stereocenters. The van der Waals surface area contributed by atoms with Gasteiger partial charge >= 0.3 is 0 Å². The molecule has 16 bridgehead atoms. The summed E-state index contributed by atoms with van der Waals surface area (Å²) in [4.78, 5) is 65.1. The summed E-state index contributed by atoms with van der Waals surface area (Å²) in [6, 6.07) is 58.4. The second-order valence-corrected chi connectivity index (χ2v) is 30.3. The molecule has 0 unspecified atom stereocenters. The number of hydrogen-bond acceptors (Lipinski definition) is 6. The number of halogens is 6. The van der Waals surface area contributed by atoms with Crippen molar-refractivity contribution in [3.8, 4) is 89.0 Å². The Kier molecular flexibility index (Phi) is 30.2. The van der Waals surface area contributed by atoms with Gasteiger partial charge in [-0.05, 0) is 179 Å². The van der Waals surface area contributed by atoms with E-state index in [-0.39, 0.29) is 156 Å². The van der Waals surface area contributed by atoms with Crippen LogP contribution in [0.2, 0.25) is 0 Å². The second kappa shape index (κ2) is 40.5. The smallest absolute Gasteiger partial charge is 0.251 e. The first-order valence-corrected chi connectivity index (χ1v) is 39.6. The molecule has 0 aliphatic carbocycles. The predicted octanol–water partition coefficient (Wildman–Crippen LogP) is -1.57. The third-order valence-corrected chi connectivity index (χ3v) is 22.2. The van der Waals surface area contributed by atoms with Crippen molar-refractivity contribution < 1.29 is 181 Å². The van der Waals surface area contributed by atoms with Crippen LogP contribution in [0.5, 0.6) is 0 Å². The number of amides is 2. The average Bonchev–Trinajstić information content (AvgIpc) is 1.61. The zero-order chi connectivity index (χ0) is 78.9. The number of benzene rings is 2. The summed E-state index contributed by atoms with van der Waals surface area (Å²) in [5.41, 5.74) is 30.5. The fourth-order valence-corrected chi connectivity index (χ4v) is 16.0. The van der Waals surface area contributed by atoms with E-state index in [4.69, 9.17) is 19.9 Å². The van der Waals surface area contributed by atoms with E-state index in [1.807, 2.05) is 118 Å². The van der Waals surface area contributed by atoms with Gasteiger partial charge in [0.1, 0.15) is 42.3 Å². The Balaban J connectivity index is 0.00000227. The molecule has 2 aromatic carbocycles. The quantitative estimate of drug-likeness (QED) is 0.0322. The molecule has 24 heteroatoms. The number of unbranched alkanes of at least 4 members (excludes halogenated alkanes) is 5. The van der Waals surface area contributed by atoms with E-state index in [1.54, 1.807) is 0 Å². The molecular weight excluding hydrogens is 2190 g/mol. The second-order valence-electron chi connectivity index (χ2n) is 30.3. The summed E-state index contributed by atoms with van der Waals surface area (Å²) >= 11 is 0. The number of aromatic amines is 4. The van der Waals surface area contributed by atoms with Crippen LogP contribution in [-0.2, 0) is 42.3 Å². The summed E-state index contributed by atoms with van der Waals surface area (Å²) in [5, 5.41) is 6.38. The Labute approximate surface area is 810 Å². The molecule has 0 saturated carbocycles. The van der Waals surface area contributed by atoms with Crippen molar-refractivity contribution in [2.75, 3.05) is 13.1 Å². The largest absolute Gasteiger partial charge is 1.00 e. The molecule has 614 valence electrons. The van der Waals surface area contributed by atoms with Crippen molar-refractivity contribution in [1.82, 2.24) is 50.5 Å². The van der Waals surface area contributed by atoms with Crippen molar-refractivity contribution >= 4 is 105 Å². The minimum atomic E-state index is -0.118. The number of fused-ring (bicyclic) bond motifs is 16. The van der Waals surface area contributed by atoms with Crippen LogP contribution in [-0.4, -0.2) is 64.8 Å². The van der Waals surface area contributed by atoms with Gasteiger partial charge in [-0.3, -0.25) is 9.59 Å². The first-order valence-electron chi connectivity index (χ1n) is 39.6. The molecule has 0 fully saturated rings. The standard InChI is InChI=1S/C98H84N16O2.6HI/c1-109-51-37-65(38-52-109)91-77-25-21-73(101-77)89(74-22-26-78(102-74)92(66-39-53-110(2)54-40-66)82-30-34-86(106-82)95(85-33-29-81(91)105-85)69-45-59-113(5)60-46-69)63-13-17-71(18-14-63)97(115)99-49-11-9-7-8-10-12-50-100-98(116)72-19-15-64(16-20-72)90-75-23-27-79(103-75)93(67-41-55-111(3)56-42-67)83-31-35-87(107-83)96(70-47-61-114(6)62-48-70)88-36-32-84(108-88)94(80-28-24-76(90)104-80)68-43-57-112(4)58-44-68;;;;;;/h13-48,51-62H,7-12,49-50H2,1-6H3,(H2-2,99,100,101,102,103,104,105,106,107,108,115,116);6*1H/q+2;;;;;;/p-2. The number of rotatable bonds is 19. The van der Waals surface area contributed by atoms with Crippen molar-refractivity contribution in [3.63, 3.8) is 0 Å². The van der Waals surface area contributed by atoms with E-state index in [0.29, 0.717) is 24.2 Å². The van der Waals surface area contributed by atoms with E-state index in [1.165, 1.54) is 0 Å². The molecule has 14 aromatic rings. The van der Waals surface area contributed by atoms with Gasteiger partial charge in [0, 0.05) is 186 Å². The third-order valence-electron chi connectivity index (χ3n) is 22.2. The van der Waals surface area contributed by atoms with E-state index in [9.17, 15) is 9.59 Å². The summed E-state index contributed by atoms with van der Waals surface area (Å²) in [7, 11) is 12.1. The molecule has 0 spiro atoms. The number of hydrogen-bond donors (Lipinski definition) is 6. The van der Waals surface area contributed by atoms with Crippen LogP contribution < -0.4 is 182 Å². The first kappa shape index (κ1) is 91.1. The van der Waals surface area contributed by atoms with E-state index in [0.717, 1.165) is 217 Å². The lowest BCUT2D eigenvalue weighted by atomic mass is 10.0. The summed E-state index contributed by atoms with van der Waals surface area (Å²) in [5.74, 6) is -0.235. The van der Waals surface area contributed by atoms with Gasteiger partial charge < -0.3 is 174 Å². The van der Waals surface area contributed by atoms with E-state index in [2.05, 4.69) is 275 Å². The fraction of sp³-hybridized carbons (Fsp3) is 0.143. The van der Waals surface area contributed by atoms with E-state index >= 15 is 0 Å². The average molecular weight is 2280 g/mol. The SMILES string of the molecule is C[n+]1ccc(-c2c3nc(c(-c4cc[n+](C)cc4)c4ccc([nH]4)c(-c4cc[n+](C)cc4)c4nc(c(-c5ccc(C(=O)NCCCCCCCCNC(=O)c6ccc(-c7c8nc(c(-c9cc[n+](C)cc9)c9ccc([nH]9)c(-c9cc[n+](C)cc9)c9nc(c(-c%10cc[n+](C)cc%10)c%10ccc7[nH]%10)C=C9)C=C8)cc6)cc5)c5ccc2[nH]5)C=C4)C=C3)cc1.[I-].[I-].[I-].[I-].[I-].[I-]. The molecule has 12 aromatic heterocycles. The predicted molar refractivity (Wildman–Crippen MR) is 461 cm³/mol. The lowest BCUT2D eigenvalue weighted by Crippen LogP contribution is -3.00. The van der Waals surface area contributed by atoms with Crippen LogP contribution in [0.15, 0.2) is 244 Å². The number of carbonyl (C=O) groups is 2. The Hall–Kier alpha value is -10.1. The number of carbonyl (C=O) groups excluding carboxylic acids is 2. The Bertz CT molecular complexity index is 6230. The molecule has 122 heavy (non-hydrogen) atoms. The Morgan fingerprint density at radius 3 is 0.557 bits per heavy atom. The van der Waals surface area contributed by atoms with Crippen molar-refractivity contribution in [1.29, 1.82) is 0 Å². The van der Waals surface area contributed by atoms with Gasteiger partial charge in [-0.25, -0.2) is 47.3 Å². The van der Waals surface area contributed by atoms with Crippen molar-refractivity contribution in [2.24, 2.45) is 42.3 Å². The minimum Gasteiger partial charge on any atom is -1.00 e. The number of aryl methyl sites for hydroxylation is 6. The topological polar surface area (TPSA) is 196 Å². The van der Waals surface area contributed by atoms with Crippen LogP contribution in [0.3, 0.4) is 0 Å². The highest BCUT2D eigenvalue weighted by Crippen LogP contribution is 2.42. The summed E-state index contributed by atoms with van der Waals surface area (Å²) in [6.45, 7) is 1.13. The lowest BCUT2D eigenvalue weighted by Gasteiger charge is -2.09. The molecule has 4 aliphatic rings. The van der Waals surface area contributed by atoms with Gasteiger partial charge in [0.15, 0.2) is 74.4 Å². The maximum Gasteiger partial charge on any atom is 0.251 e. The highest BCUT2D eigenvalue weighted by molar-refractivity contribution is 6.04. The van der Waals surface area contributed by atoms with E-state index < -0.39 is 0 Å². The van der Waals surface area contributed by atoms with Gasteiger partial charge in [-0.2, -0.15) is 0 Å². The molecule has 6 N–H and O–H groups in total. The Morgan fingerprint density at radius 1 is 0.230 bits per heavy atom. The number of nitrogens with zero attached hydrogens (tertiary/aromatic N) is 10. The Morgan fingerprint density at radius 2 is 0.385 bits per heavy atom. The van der Waals surface area contributed by atoms with Gasteiger partial charge in [0.25, 0.3) is 11.8 Å². The number of nitrogens with one attached hydrogen (secondary N) is 6. The van der Waals surface area contributed by atoms with Gasteiger partial charge in [-0.15, -0.1) is 0 Å². The van der Waals surface area contributed by atoms with Gasteiger partial charge in [0.05, 0.1) is 45.6 Å². The highest BCUT2D eigenvalue weighted by atomic mass is 127. The maximum atomic E-state index is 13.9. The molecule has 4 aliphatic heterocycles. The van der Waals surface area contributed by atoms with Gasteiger partial charge in [0.2, 0.25) is 0 Å². The first-order chi connectivity index (χ1) is 56.7. The molecule has 0 saturated heterocycles. The zero-order valence-corrected chi connectivity index (χ0v) is 80.9. The molecule has 0 radical (unpaired) electrons. The molecule has 18 rings (SSSR count). The normalized spacial score (nSPS) is 11.5. The molecule has 2 amide bonds. The van der Waals surface area contributed by atoms with Crippen LogP contribution in [0.25, 0.3) is 182 Å². The maximum absolute atomic E-state index is 13.9. The number of pyridine rings is 6. The van der Waals surface area contributed by atoms with Crippen LogP contribution in [0.4, 0.5) is 0 Å². The van der Waals surface area contributed by atoms with Crippen molar-refractivity contribution in [3.05, 3.63) is 301 Å². The lowest BCUT2D eigenvalue weighted by molar-refractivity contribution is -0.671. The third kappa shape index (κ3) is 19.4. The zero-order valence-electron chi connectivity index (χ0n) is 67.9. The number of H-pyrrole nitrogens is 4. The molecular formula is C98H88I6N16O2. The summed E-state index contributed by atoms with van der Waals surface area (Å²) < 4.78 is 12.2. The fourth-order valence-electron chi connectivity index (χ4n) is 16.0. The number of aromatic nitrogens is 14.